The molecule has 0 unspecified atom stereocenters. The maximum absolute atomic E-state index is 11.5. The highest BCUT2D eigenvalue weighted by molar-refractivity contribution is 5.68. The second-order valence-electron chi connectivity index (χ2n) is 12.6. The zero-order valence-corrected chi connectivity index (χ0v) is 27.4. The number of benzene rings is 1. The monoisotopic (exact) mass is 612 g/mol. The Bertz CT molecular complexity index is 1070. The summed E-state index contributed by atoms with van der Waals surface area (Å²) in [6.07, 6.45) is 10.8. The van der Waals surface area contributed by atoms with Gasteiger partial charge in [-0.3, -0.25) is 4.79 Å². The van der Waals surface area contributed by atoms with E-state index in [-0.39, 0.29) is 12.3 Å². The van der Waals surface area contributed by atoms with Crippen molar-refractivity contribution in [2.45, 2.75) is 97.3 Å². The quantitative estimate of drug-likeness (QED) is 0.118. The second kappa shape index (κ2) is 20.4. The van der Waals surface area contributed by atoms with E-state index in [0.717, 1.165) is 93.8 Å². The summed E-state index contributed by atoms with van der Waals surface area (Å²) in [6, 6.07) is 12.2. The van der Waals surface area contributed by atoms with Gasteiger partial charge in [-0.05, 0) is 79.2 Å². The van der Waals surface area contributed by atoms with Gasteiger partial charge in [0.25, 0.3) is 0 Å². The minimum atomic E-state index is -0.757. The number of nitrogens with one attached hydrogen (secondary N) is 1. The molecule has 1 aliphatic rings. The number of nitrogens with zero attached hydrogens (tertiary/aromatic N) is 1. The summed E-state index contributed by atoms with van der Waals surface area (Å²) in [7, 11) is 0. The van der Waals surface area contributed by atoms with Gasteiger partial charge in [-0.2, -0.15) is 0 Å². The van der Waals surface area contributed by atoms with Crippen molar-refractivity contribution in [1.29, 1.82) is 0 Å². The van der Waals surface area contributed by atoms with Crippen LogP contribution in [0.2, 0.25) is 0 Å². The van der Waals surface area contributed by atoms with Crippen LogP contribution in [-0.2, 0) is 31.8 Å². The van der Waals surface area contributed by atoms with Crippen LogP contribution in [0.4, 0.5) is 5.82 Å². The summed E-state index contributed by atoms with van der Waals surface area (Å²) in [4.78, 5) is 16.3. The molecule has 0 saturated carbocycles. The van der Waals surface area contributed by atoms with E-state index in [9.17, 15) is 9.90 Å². The molecule has 0 spiro atoms. The van der Waals surface area contributed by atoms with Crippen molar-refractivity contribution in [1.82, 2.24) is 4.98 Å². The van der Waals surface area contributed by atoms with E-state index in [1.54, 1.807) is 0 Å². The number of carboxylic acid groups (broad SMARTS) is 1. The molecule has 2 N–H and O–H groups in total. The normalized spacial score (nSPS) is 13.7. The van der Waals surface area contributed by atoms with E-state index in [4.69, 9.17) is 23.9 Å². The first-order valence-electron chi connectivity index (χ1n) is 16.8. The minimum absolute atomic E-state index is 0.00635. The summed E-state index contributed by atoms with van der Waals surface area (Å²) in [5.74, 6) is 1.08. The molecule has 1 aliphatic heterocycles. The molecule has 0 bridgehead atoms. The summed E-state index contributed by atoms with van der Waals surface area (Å²) < 4.78 is 22.6. The van der Waals surface area contributed by atoms with Crippen molar-refractivity contribution in [3.63, 3.8) is 0 Å². The lowest BCUT2D eigenvalue weighted by Crippen LogP contribution is -2.15. The lowest BCUT2D eigenvalue weighted by atomic mass is 9.87. The molecule has 1 atom stereocenters. The molecule has 44 heavy (non-hydrogen) atoms. The third-order valence-corrected chi connectivity index (χ3v) is 8.58. The molecule has 1 aromatic carbocycles. The number of aryl methyl sites for hydroxylation is 2. The van der Waals surface area contributed by atoms with Gasteiger partial charge in [0, 0.05) is 18.8 Å². The van der Waals surface area contributed by atoms with Crippen LogP contribution in [0.15, 0.2) is 36.4 Å². The number of ether oxygens (including phenoxy) is 4. The molecule has 0 radical (unpaired) electrons. The molecule has 8 heteroatoms. The highest BCUT2D eigenvalue weighted by Gasteiger charge is 2.16. The van der Waals surface area contributed by atoms with E-state index < -0.39 is 5.97 Å². The number of hydrogen-bond donors (Lipinski definition) is 2. The Kier molecular flexibility index (Phi) is 16.6. The average molecular weight is 613 g/mol. The Balaban J connectivity index is 1.23. The van der Waals surface area contributed by atoms with Gasteiger partial charge < -0.3 is 29.4 Å². The van der Waals surface area contributed by atoms with Gasteiger partial charge in [-0.1, -0.05) is 64.7 Å². The minimum Gasteiger partial charge on any atom is -0.491 e. The fourth-order valence-electron chi connectivity index (χ4n) is 5.28. The van der Waals surface area contributed by atoms with Crippen molar-refractivity contribution in [3.8, 4) is 5.75 Å². The van der Waals surface area contributed by atoms with Crippen LogP contribution < -0.4 is 10.1 Å². The molecule has 0 amide bonds. The van der Waals surface area contributed by atoms with Crippen LogP contribution in [0.3, 0.4) is 0 Å². The average Bonchev–Trinajstić information content (AvgIpc) is 3.02. The number of carboxylic acids is 1. The molecule has 3 rings (SSSR count). The van der Waals surface area contributed by atoms with Crippen molar-refractivity contribution in [2.75, 3.05) is 58.1 Å². The third-order valence-electron chi connectivity index (χ3n) is 8.58. The Hall–Kier alpha value is -2.68. The number of unbranched alkanes of at least 4 members (excludes halogenated alkanes) is 3. The standard InChI is InChI=1S/C36H56N2O6/c1-4-36(2,3)19-21-41-22-23-42-24-25-43-26-27-44-33-17-14-29(15-18-33)31(28-34(39)40)10-7-5-6-8-12-32-16-13-30-11-9-20-37-35(30)38-32/h13-18,31H,4-12,19-28H2,1-3H3,(H,37,38)(H,39,40)/t31-/m0/s1. The summed E-state index contributed by atoms with van der Waals surface area (Å²) in [5.41, 5.74) is 3.87. The lowest BCUT2D eigenvalue weighted by molar-refractivity contribution is -0.137. The summed E-state index contributed by atoms with van der Waals surface area (Å²) in [5, 5.41) is 12.9. The number of fused-ring (bicyclic) bond motifs is 1. The van der Waals surface area contributed by atoms with E-state index in [1.165, 1.54) is 12.0 Å². The van der Waals surface area contributed by atoms with E-state index in [0.29, 0.717) is 45.1 Å². The first-order valence-corrected chi connectivity index (χ1v) is 16.8. The number of anilines is 1. The van der Waals surface area contributed by atoms with Gasteiger partial charge in [0.05, 0.1) is 39.5 Å². The second-order valence-corrected chi connectivity index (χ2v) is 12.6. The van der Waals surface area contributed by atoms with Crippen LogP contribution in [0, 0.1) is 5.41 Å². The maximum atomic E-state index is 11.5. The molecule has 0 saturated heterocycles. The van der Waals surface area contributed by atoms with E-state index in [1.807, 2.05) is 24.3 Å². The number of carbonyl (C=O) groups is 1. The zero-order valence-electron chi connectivity index (χ0n) is 27.4. The van der Waals surface area contributed by atoms with E-state index >= 15 is 0 Å². The fraction of sp³-hybridized carbons (Fsp3) is 0.667. The van der Waals surface area contributed by atoms with E-state index in [2.05, 4.69) is 38.2 Å². The van der Waals surface area contributed by atoms with Crippen LogP contribution in [-0.4, -0.2) is 68.9 Å². The van der Waals surface area contributed by atoms with Crippen LogP contribution >= 0.6 is 0 Å². The molecule has 1 aromatic heterocycles. The number of hydrogen-bond acceptors (Lipinski definition) is 7. The molecule has 246 valence electrons. The topological polar surface area (TPSA) is 99.1 Å². The van der Waals surface area contributed by atoms with Gasteiger partial charge in [-0.25, -0.2) is 4.98 Å². The molecule has 2 aromatic rings. The Morgan fingerprint density at radius 1 is 0.909 bits per heavy atom. The third kappa shape index (κ3) is 14.4. The van der Waals surface area contributed by atoms with Crippen molar-refractivity contribution < 1.29 is 28.8 Å². The number of aromatic nitrogens is 1. The smallest absolute Gasteiger partial charge is 0.303 e. The van der Waals surface area contributed by atoms with Crippen LogP contribution in [0.1, 0.15) is 101 Å². The first-order chi connectivity index (χ1) is 21.4. The zero-order chi connectivity index (χ0) is 31.5. The highest BCUT2D eigenvalue weighted by Crippen LogP contribution is 2.28. The van der Waals surface area contributed by atoms with Crippen molar-refractivity contribution >= 4 is 11.8 Å². The van der Waals surface area contributed by atoms with Crippen molar-refractivity contribution in [3.05, 3.63) is 53.2 Å². The van der Waals surface area contributed by atoms with Gasteiger partial charge >= 0.3 is 5.97 Å². The maximum Gasteiger partial charge on any atom is 0.303 e. The van der Waals surface area contributed by atoms with Gasteiger partial charge in [0.1, 0.15) is 18.2 Å². The van der Waals surface area contributed by atoms with Crippen LogP contribution in [0.5, 0.6) is 5.75 Å². The first kappa shape index (κ1) is 35.8. The SMILES string of the molecule is CCC(C)(C)CCOCCOCCOCCOc1ccc([C@@H](CCCCCCc2ccc3c(n2)NCCC3)CC(=O)O)cc1. The van der Waals surface area contributed by atoms with Gasteiger partial charge in [0.2, 0.25) is 0 Å². The highest BCUT2D eigenvalue weighted by atomic mass is 16.6. The molecular weight excluding hydrogens is 556 g/mol. The molecule has 2 heterocycles. The Morgan fingerprint density at radius 2 is 1.59 bits per heavy atom. The fourth-order valence-corrected chi connectivity index (χ4v) is 5.28. The van der Waals surface area contributed by atoms with Gasteiger partial charge in [-0.15, -0.1) is 0 Å². The number of pyridine rings is 1. The Labute approximate surface area is 265 Å². The molecular formula is C36H56N2O6. The Morgan fingerprint density at radius 3 is 2.30 bits per heavy atom. The molecule has 8 nitrogen and oxygen atoms in total. The molecule has 0 aliphatic carbocycles. The number of aliphatic carboxylic acids is 1. The largest absolute Gasteiger partial charge is 0.491 e. The van der Waals surface area contributed by atoms with Crippen LogP contribution in [0.25, 0.3) is 0 Å². The predicted molar refractivity (Wildman–Crippen MR) is 176 cm³/mol. The summed E-state index contributed by atoms with van der Waals surface area (Å²) >= 11 is 0. The summed E-state index contributed by atoms with van der Waals surface area (Å²) in [6.45, 7) is 11.7. The predicted octanol–water partition coefficient (Wildman–Crippen LogP) is 7.45. The van der Waals surface area contributed by atoms with Gasteiger partial charge in [0.15, 0.2) is 0 Å². The molecule has 0 fully saturated rings. The lowest BCUT2D eigenvalue weighted by Gasteiger charge is -2.22. The number of rotatable bonds is 24. The van der Waals surface area contributed by atoms with Crippen molar-refractivity contribution in [2.24, 2.45) is 5.41 Å².